The van der Waals surface area contributed by atoms with Crippen molar-refractivity contribution in [1.82, 2.24) is 0 Å². The van der Waals surface area contributed by atoms with Crippen molar-refractivity contribution in [3.63, 3.8) is 0 Å². The highest BCUT2D eigenvalue weighted by Gasteiger charge is 2.16. The topological polar surface area (TPSA) is 23.5 Å². The first-order chi connectivity index (χ1) is 10.3. The van der Waals surface area contributed by atoms with Crippen molar-refractivity contribution >= 4 is 5.69 Å². The van der Waals surface area contributed by atoms with Crippen LogP contribution in [0.3, 0.4) is 0 Å². The van der Waals surface area contributed by atoms with Crippen LogP contribution in [0.1, 0.15) is 70.3 Å². The smallest absolute Gasteiger partial charge is 0.116 e. The molecule has 0 fully saturated rings. The Labute approximate surface area is 130 Å². The Hall–Kier alpha value is -1.18. The Bertz CT molecular complexity index is 416. The van der Waals surface area contributed by atoms with Crippen LogP contribution in [0.2, 0.25) is 0 Å². The third-order valence-corrected chi connectivity index (χ3v) is 4.56. The molecule has 0 amide bonds. The average molecular weight is 289 g/mol. The maximum Gasteiger partial charge on any atom is 0.116 e. The highest BCUT2D eigenvalue weighted by molar-refractivity contribution is 5.57. The number of nitrogens with zero attached hydrogens (tertiary/aromatic N) is 1. The number of aromatic hydroxyl groups is 1. The molecule has 1 heterocycles. The van der Waals surface area contributed by atoms with E-state index in [0.717, 1.165) is 6.42 Å². The predicted molar refractivity (Wildman–Crippen MR) is 91.3 cm³/mol. The molecule has 0 bridgehead atoms. The van der Waals surface area contributed by atoms with E-state index in [1.54, 1.807) is 0 Å². The molecule has 0 aromatic heterocycles. The summed E-state index contributed by atoms with van der Waals surface area (Å²) in [5.41, 5.74) is 2.67. The number of rotatable bonds is 9. The summed E-state index contributed by atoms with van der Waals surface area (Å²) < 4.78 is 0. The normalized spacial score (nSPS) is 14.2. The molecule has 118 valence electrons. The van der Waals surface area contributed by atoms with E-state index in [2.05, 4.69) is 17.9 Å². The number of hydrogen-bond acceptors (Lipinski definition) is 2. The van der Waals surface area contributed by atoms with Gasteiger partial charge in [0.2, 0.25) is 0 Å². The number of hydrogen-bond donors (Lipinski definition) is 1. The number of anilines is 1. The van der Waals surface area contributed by atoms with Crippen LogP contribution in [0.4, 0.5) is 5.69 Å². The Balaban J connectivity index is 1.66. The number of unbranched alkanes of at least 4 members (excludes halogenated alkanes) is 7. The fourth-order valence-electron chi connectivity index (χ4n) is 3.33. The highest BCUT2D eigenvalue weighted by atomic mass is 16.3. The second-order valence-electron chi connectivity index (χ2n) is 6.38. The third-order valence-electron chi connectivity index (χ3n) is 4.56. The summed E-state index contributed by atoms with van der Waals surface area (Å²) >= 11 is 0. The maximum absolute atomic E-state index is 9.59. The highest BCUT2D eigenvalue weighted by Crippen LogP contribution is 2.30. The first-order valence-corrected chi connectivity index (χ1v) is 8.88. The first-order valence-electron chi connectivity index (χ1n) is 8.88. The lowest BCUT2D eigenvalue weighted by atomic mass is 10.0. The summed E-state index contributed by atoms with van der Waals surface area (Å²) in [5, 5.41) is 9.59. The second-order valence-corrected chi connectivity index (χ2v) is 6.38. The van der Waals surface area contributed by atoms with Gasteiger partial charge in [0.15, 0.2) is 0 Å². The van der Waals surface area contributed by atoms with Crippen molar-refractivity contribution in [3.8, 4) is 5.75 Å². The van der Waals surface area contributed by atoms with Crippen LogP contribution < -0.4 is 4.90 Å². The van der Waals surface area contributed by atoms with Gasteiger partial charge in [-0.3, -0.25) is 0 Å². The fourth-order valence-corrected chi connectivity index (χ4v) is 3.33. The Kier molecular flexibility index (Phi) is 6.91. The van der Waals surface area contributed by atoms with Crippen LogP contribution in [-0.4, -0.2) is 18.2 Å². The van der Waals surface area contributed by atoms with Crippen LogP contribution in [0.15, 0.2) is 18.2 Å². The summed E-state index contributed by atoms with van der Waals surface area (Å²) in [5.74, 6) is 0.405. The van der Waals surface area contributed by atoms with Crippen molar-refractivity contribution in [1.29, 1.82) is 0 Å². The SMILES string of the molecule is CCCCCCCCCCN1CCCc2cc(O)ccc21. The molecule has 2 rings (SSSR count). The molecule has 1 N–H and O–H groups in total. The molecule has 2 heteroatoms. The summed E-state index contributed by atoms with van der Waals surface area (Å²) in [6, 6.07) is 5.86. The molecule has 1 aromatic rings. The molecule has 0 spiro atoms. The van der Waals surface area contributed by atoms with E-state index in [-0.39, 0.29) is 0 Å². The summed E-state index contributed by atoms with van der Waals surface area (Å²) in [6.07, 6.45) is 13.3. The van der Waals surface area contributed by atoms with Crippen molar-refractivity contribution in [2.24, 2.45) is 0 Å². The van der Waals surface area contributed by atoms with Gasteiger partial charge < -0.3 is 10.0 Å². The molecule has 1 aromatic carbocycles. The van der Waals surface area contributed by atoms with Crippen molar-refractivity contribution in [2.75, 3.05) is 18.0 Å². The van der Waals surface area contributed by atoms with E-state index in [0.29, 0.717) is 5.75 Å². The zero-order valence-electron chi connectivity index (χ0n) is 13.6. The second kappa shape index (κ2) is 8.96. The third kappa shape index (κ3) is 5.26. The van der Waals surface area contributed by atoms with Gasteiger partial charge in [0.1, 0.15) is 5.75 Å². The summed E-state index contributed by atoms with van der Waals surface area (Å²) in [7, 11) is 0. The minimum Gasteiger partial charge on any atom is -0.508 e. The van der Waals surface area contributed by atoms with Crippen LogP contribution >= 0.6 is 0 Å². The molecule has 21 heavy (non-hydrogen) atoms. The fraction of sp³-hybridized carbons (Fsp3) is 0.684. The minimum absolute atomic E-state index is 0.405. The van der Waals surface area contributed by atoms with Gasteiger partial charge in [-0.05, 0) is 43.0 Å². The van der Waals surface area contributed by atoms with Crippen molar-refractivity contribution < 1.29 is 5.11 Å². The number of aryl methyl sites for hydroxylation is 1. The van der Waals surface area contributed by atoms with Gasteiger partial charge >= 0.3 is 0 Å². The first kappa shape index (κ1) is 16.2. The van der Waals surface area contributed by atoms with Crippen molar-refractivity contribution in [2.45, 2.75) is 71.1 Å². The van der Waals surface area contributed by atoms with E-state index in [9.17, 15) is 5.11 Å². The molecule has 0 atom stereocenters. The Morgan fingerprint density at radius 2 is 1.71 bits per heavy atom. The van der Waals surface area contributed by atoms with Gasteiger partial charge in [-0.1, -0.05) is 51.9 Å². The monoisotopic (exact) mass is 289 g/mol. The van der Waals surface area contributed by atoms with Crippen LogP contribution in [0.25, 0.3) is 0 Å². The van der Waals surface area contributed by atoms with Gasteiger partial charge in [0.25, 0.3) is 0 Å². The minimum atomic E-state index is 0.405. The van der Waals surface area contributed by atoms with Crippen LogP contribution in [0.5, 0.6) is 5.75 Å². The van der Waals surface area contributed by atoms with Gasteiger partial charge in [-0.15, -0.1) is 0 Å². The van der Waals surface area contributed by atoms with Gasteiger partial charge in [0, 0.05) is 18.8 Å². The van der Waals surface area contributed by atoms with E-state index < -0.39 is 0 Å². The zero-order valence-corrected chi connectivity index (χ0v) is 13.6. The molecule has 0 radical (unpaired) electrons. The van der Waals surface area contributed by atoms with E-state index in [1.165, 1.54) is 82.1 Å². The number of fused-ring (bicyclic) bond motifs is 1. The van der Waals surface area contributed by atoms with E-state index in [4.69, 9.17) is 0 Å². The lowest BCUT2D eigenvalue weighted by Gasteiger charge is -2.31. The van der Waals surface area contributed by atoms with E-state index >= 15 is 0 Å². The number of phenols is 1. The molecule has 0 aliphatic carbocycles. The van der Waals surface area contributed by atoms with Crippen LogP contribution in [0, 0.1) is 0 Å². The van der Waals surface area contributed by atoms with Gasteiger partial charge in [-0.2, -0.15) is 0 Å². The molecule has 2 nitrogen and oxygen atoms in total. The number of benzene rings is 1. The van der Waals surface area contributed by atoms with Crippen molar-refractivity contribution in [3.05, 3.63) is 23.8 Å². The Morgan fingerprint density at radius 3 is 2.48 bits per heavy atom. The molecular weight excluding hydrogens is 258 g/mol. The van der Waals surface area contributed by atoms with Crippen LogP contribution in [-0.2, 0) is 6.42 Å². The standard InChI is InChI=1S/C19H31NO/c1-2-3-4-5-6-7-8-9-14-20-15-10-11-17-16-18(21)12-13-19(17)20/h12-13,16,21H,2-11,14-15H2,1H3. The molecule has 0 unspecified atom stereocenters. The maximum atomic E-state index is 9.59. The van der Waals surface area contributed by atoms with E-state index in [1.807, 2.05) is 12.1 Å². The zero-order chi connectivity index (χ0) is 14.9. The number of phenolic OH excluding ortho intramolecular Hbond substituents is 1. The molecule has 0 saturated carbocycles. The van der Waals surface area contributed by atoms with Gasteiger partial charge in [-0.25, -0.2) is 0 Å². The molecule has 1 aliphatic rings. The molecule has 1 aliphatic heterocycles. The summed E-state index contributed by atoms with van der Waals surface area (Å²) in [4.78, 5) is 2.51. The lowest BCUT2D eigenvalue weighted by molar-refractivity contribution is 0.473. The average Bonchev–Trinajstić information content (AvgIpc) is 2.49. The quantitative estimate of drug-likeness (QED) is 0.625. The van der Waals surface area contributed by atoms with Gasteiger partial charge in [0.05, 0.1) is 0 Å². The summed E-state index contributed by atoms with van der Waals surface area (Å²) in [6.45, 7) is 4.62. The predicted octanol–water partition coefficient (Wildman–Crippen LogP) is 5.29. The molecule has 0 saturated heterocycles. The lowest BCUT2D eigenvalue weighted by Crippen LogP contribution is -2.30. The molecular formula is C19H31NO. The Morgan fingerprint density at radius 1 is 1.00 bits per heavy atom. The largest absolute Gasteiger partial charge is 0.508 e.